The highest BCUT2D eigenvalue weighted by atomic mass is 35.5. The van der Waals surface area contributed by atoms with E-state index in [0.29, 0.717) is 28.6 Å². The van der Waals surface area contributed by atoms with Gasteiger partial charge in [0.05, 0.1) is 16.1 Å². The van der Waals surface area contributed by atoms with Crippen LogP contribution in [0.1, 0.15) is 51.9 Å². The minimum Gasteiger partial charge on any atom is -0.436 e. The van der Waals surface area contributed by atoms with Gasteiger partial charge < -0.3 is 15.5 Å². The number of aromatic nitrogens is 3. The van der Waals surface area contributed by atoms with Crippen LogP contribution in [0.3, 0.4) is 0 Å². The minimum atomic E-state index is -5.02. The van der Waals surface area contributed by atoms with Crippen LogP contribution in [0, 0.1) is 0 Å². The second-order valence-electron chi connectivity index (χ2n) is 9.31. The Morgan fingerprint density at radius 1 is 1.07 bits per heavy atom. The van der Waals surface area contributed by atoms with Crippen molar-refractivity contribution in [1.82, 2.24) is 19.9 Å². The highest BCUT2D eigenvalue weighted by Crippen LogP contribution is 2.42. The predicted octanol–water partition coefficient (Wildman–Crippen LogP) is 6.86. The molecular weight excluding hydrogens is 576 g/mol. The lowest BCUT2D eigenvalue weighted by Crippen LogP contribution is -2.25. The molecule has 41 heavy (non-hydrogen) atoms. The summed E-state index contributed by atoms with van der Waals surface area (Å²) in [5.74, 6) is -0.825. The maximum atomic E-state index is 13.7. The van der Waals surface area contributed by atoms with Gasteiger partial charge in [-0.05, 0) is 42.7 Å². The molecular formula is C27H20ClF6N5O2. The first-order valence-electron chi connectivity index (χ1n) is 12.1. The molecule has 0 unspecified atom stereocenters. The molecule has 2 heterocycles. The van der Waals surface area contributed by atoms with Crippen LogP contribution in [-0.4, -0.2) is 20.3 Å². The van der Waals surface area contributed by atoms with Gasteiger partial charge in [-0.15, -0.1) is 0 Å². The molecule has 14 heteroatoms. The number of Topliss-reactive ketones (excluding diaryl/α,β-unsaturated/α-hetero) is 1. The smallest absolute Gasteiger partial charge is 0.416 e. The zero-order valence-electron chi connectivity index (χ0n) is 20.9. The molecule has 0 spiro atoms. The number of halogens is 7. The molecule has 2 aromatic heterocycles. The van der Waals surface area contributed by atoms with Crippen molar-refractivity contribution >= 4 is 23.2 Å². The number of imidazole rings is 1. The Bertz CT molecular complexity index is 1590. The van der Waals surface area contributed by atoms with E-state index >= 15 is 0 Å². The quantitative estimate of drug-likeness (QED) is 0.131. The number of nitrogens with zero attached hydrogens (tertiary/aromatic N) is 3. The molecule has 0 radical (unpaired) electrons. The van der Waals surface area contributed by atoms with E-state index < -0.39 is 41.5 Å². The number of nitrogens with two attached hydrogens (primary N) is 1. The summed E-state index contributed by atoms with van der Waals surface area (Å²) in [6, 6.07) is 7.85. The fraction of sp³-hybridized carbons (Fsp3) is 0.222. The van der Waals surface area contributed by atoms with Crippen LogP contribution in [0.2, 0.25) is 5.02 Å². The van der Waals surface area contributed by atoms with E-state index in [1.807, 2.05) is 0 Å². The predicted molar refractivity (Wildman–Crippen MR) is 136 cm³/mol. The zero-order valence-corrected chi connectivity index (χ0v) is 21.6. The summed E-state index contributed by atoms with van der Waals surface area (Å²) < 4.78 is 87.2. The molecule has 4 aromatic rings. The molecule has 0 aliphatic heterocycles. The van der Waals surface area contributed by atoms with E-state index in [9.17, 15) is 31.1 Å². The van der Waals surface area contributed by atoms with Gasteiger partial charge in [-0.25, -0.2) is 9.97 Å². The van der Waals surface area contributed by atoms with Crippen LogP contribution in [-0.2, 0) is 18.9 Å². The minimum absolute atomic E-state index is 0.0259. The molecule has 5 rings (SSSR count). The highest BCUT2D eigenvalue weighted by molar-refractivity contribution is 6.33. The molecule has 0 amide bonds. The van der Waals surface area contributed by atoms with Gasteiger partial charge in [0.15, 0.2) is 5.89 Å². The lowest BCUT2D eigenvalue weighted by Gasteiger charge is -2.17. The summed E-state index contributed by atoms with van der Waals surface area (Å²) in [4.78, 5) is 22.1. The number of allylic oxidation sites excluding steroid dienone is 1. The van der Waals surface area contributed by atoms with Crippen molar-refractivity contribution in [2.24, 2.45) is 5.73 Å². The fourth-order valence-electron chi connectivity index (χ4n) is 4.09. The van der Waals surface area contributed by atoms with Crippen LogP contribution in [0.4, 0.5) is 26.3 Å². The summed E-state index contributed by atoms with van der Waals surface area (Å²) in [5.41, 5.74) is 3.10. The van der Waals surface area contributed by atoms with Crippen molar-refractivity contribution in [3.63, 3.8) is 0 Å². The van der Waals surface area contributed by atoms with Gasteiger partial charge in [-0.3, -0.25) is 9.36 Å². The van der Waals surface area contributed by atoms with Crippen molar-refractivity contribution < 1.29 is 35.6 Å². The zero-order chi connectivity index (χ0) is 29.5. The maximum Gasteiger partial charge on any atom is 0.416 e. The molecule has 3 N–H and O–H groups in total. The van der Waals surface area contributed by atoms with Crippen LogP contribution < -0.4 is 11.1 Å². The highest BCUT2D eigenvalue weighted by Gasteiger charge is 2.37. The van der Waals surface area contributed by atoms with Gasteiger partial charge in [0, 0.05) is 30.4 Å². The molecule has 1 aliphatic rings. The third-order valence-corrected chi connectivity index (χ3v) is 6.60. The number of oxazole rings is 1. The number of carbonyl (C=O) groups excluding carboxylic acids is 1. The van der Waals surface area contributed by atoms with E-state index in [2.05, 4.69) is 15.3 Å². The van der Waals surface area contributed by atoms with Crippen molar-refractivity contribution in [1.29, 1.82) is 0 Å². The van der Waals surface area contributed by atoms with E-state index in [1.165, 1.54) is 23.3 Å². The second-order valence-corrected chi connectivity index (χ2v) is 9.72. The largest absolute Gasteiger partial charge is 0.436 e. The van der Waals surface area contributed by atoms with E-state index in [1.54, 1.807) is 24.3 Å². The van der Waals surface area contributed by atoms with Crippen molar-refractivity contribution in [2.45, 2.75) is 37.7 Å². The number of carbonyl (C=O) groups is 1. The maximum absolute atomic E-state index is 13.7. The van der Waals surface area contributed by atoms with Crippen LogP contribution in [0.15, 0.2) is 71.3 Å². The molecule has 7 nitrogen and oxygen atoms in total. The van der Waals surface area contributed by atoms with Crippen molar-refractivity contribution in [3.05, 3.63) is 100 Å². The number of ketones is 1. The van der Waals surface area contributed by atoms with Gasteiger partial charge in [-0.2, -0.15) is 26.3 Å². The topological polar surface area (TPSA) is 99.0 Å². The number of alkyl halides is 6. The van der Waals surface area contributed by atoms with Crippen LogP contribution in [0.5, 0.6) is 0 Å². The second kappa shape index (κ2) is 10.6. The lowest BCUT2D eigenvalue weighted by molar-refractivity contribution is -0.143. The molecule has 2 aromatic carbocycles. The van der Waals surface area contributed by atoms with Gasteiger partial charge >= 0.3 is 12.4 Å². The average molecular weight is 596 g/mol. The van der Waals surface area contributed by atoms with Crippen molar-refractivity contribution in [2.75, 3.05) is 0 Å². The Morgan fingerprint density at radius 2 is 1.73 bits per heavy atom. The van der Waals surface area contributed by atoms with E-state index in [-0.39, 0.29) is 34.8 Å². The molecule has 1 aliphatic carbocycles. The van der Waals surface area contributed by atoms with E-state index in [0.717, 1.165) is 12.8 Å². The number of hydrogen-bond donors (Lipinski definition) is 2. The van der Waals surface area contributed by atoms with Gasteiger partial charge in [0.2, 0.25) is 11.5 Å². The van der Waals surface area contributed by atoms with Crippen LogP contribution >= 0.6 is 11.6 Å². The normalized spacial score (nSPS) is 14.6. The number of rotatable bonds is 8. The number of hydrogen-bond acceptors (Lipinski definition) is 6. The first-order valence-corrected chi connectivity index (χ1v) is 12.5. The molecule has 1 saturated carbocycles. The van der Waals surface area contributed by atoms with Gasteiger partial charge in [0.1, 0.15) is 23.5 Å². The third kappa shape index (κ3) is 6.09. The Balaban J connectivity index is 1.54. The first-order chi connectivity index (χ1) is 19.3. The summed E-state index contributed by atoms with van der Waals surface area (Å²) in [5, 5.41) is 3.00. The molecule has 0 saturated heterocycles. The summed E-state index contributed by atoms with van der Waals surface area (Å²) in [6.45, 7) is -0.546. The molecule has 214 valence electrons. The lowest BCUT2D eigenvalue weighted by atomic mass is 10.0. The Labute approximate surface area is 233 Å². The third-order valence-electron chi connectivity index (χ3n) is 6.28. The summed E-state index contributed by atoms with van der Waals surface area (Å²) >= 11 is 6.35. The monoisotopic (exact) mass is 595 g/mol. The molecule has 0 atom stereocenters. The fourth-order valence-corrected chi connectivity index (χ4v) is 4.31. The molecule has 1 fully saturated rings. The average Bonchev–Trinajstić information content (AvgIpc) is 3.44. The summed E-state index contributed by atoms with van der Waals surface area (Å²) in [6.07, 6.45) is -4.41. The van der Waals surface area contributed by atoms with E-state index in [4.69, 9.17) is 21.8 Å². The van der Waals surface area contributed by atoms with Crippen LogP contribution in [0.25, 0.3) is 17.1 Å². The number of nitrogens with one attached hydrogen (secondary N) is 1. The Kier molecular flexibility index (Phi) is 7.32. The van der Waals surface area contributed by atoms with Gasteiger partial charge in [-0.1, -0.05) is 29.8 Å². The number of benzene rings is 2. The SMILES string of the molecule is N/C(C(=O)c1oc(C2CC2)nc1-c1ccccc1Cl)=C(\NCc1cc(C(F)(F)F)cc(C(F)(F)F)c1)n1ccnc1. The summed E-state index contributed by atoms with van der Waals surface area (Å²) in [7, 11) is 0. The molecule has 0 bridgehead atoms. The van der Waals surface area contributed by atoms with Crippen molar-refractivity contribution in [3.8, 4) is 11.3 Å². The van der Waals surface area contributed by atoms with Gasteiger partial charge in [0.25, 0.3) is 0 Å². The Hall–Kier alpha value is -4.26. The Morgan fingerprint density at radius 3 is 2.29 bits per heavy atom. The first kappa shape index (κ1) is 28.3. The standard InChI is InChI=1S/C27H20ClF6N5O2/c28-19-4-2-1-3-18(19)21-23(41-25(38-21)15-5-6-15)22(40)20(35)24(39-8-7-36-13-39)37-12-14-9-16(26(29,30)31)11-17(10-14)27(32,33)34/h1-4,7-11,13,15,37H,5-6,12,35H2/b24-20+.